The number of nitrogens with two attached hydrogens (primary N) is 1. The topological polar surface area (TPSA) is 118 Å². The van der Waals surface area contributed by atoms with Crippen LogP contribution in [0.1, 0.15) is 26.2 Å². The molecular weight excluding hydrogens is 410 g/mol. The van der Waals surface area contributed by atoms with Crippen LogP contribution in [0.5, 0.6) is 5.75 Å². The highest BCUT2D eigenvalue weighted by molar-refractivity contribution is 6.00. The van der Waals surface area contributed by atoms with Crippen molar-refractivity contribution < 1.29 is 19.1 Å². The van der Waals surface area contributed by atoms with Gasteiger partial charge in [-0.1, -0.05) is 12.1 Å². The van der Waals surface area contributed by atoms with Gasteiger partial charge in [-0.15, -0.1) is 0 Å². The Kier molecular flexibility index (Phi) is 6.25. The first-order chi connectivity index (χ1) is 15.4. The number of primary amides is 1. The number of nitrogens with zero attached hydrogens (tertiary/aromatic N) is 3. The molecule has 0 spiro atoms. The van der Waals surface area contributed by atoms with Crippen molar-refractivity contribution in [1.29, 1.82) is 0 Å². The number of fused-ring (bicyclic) bond motifs is 1. The van der Waals surface area contributed by atoms with Crippen LogP contribution in [0.15, 0.2) is 42.6 Å². The Balaban J connectivity index is 1.34. The molecule has 9 heteroatoms. The van der Waals surface area contributed by atoms with E-state index in [1.54, 1.807) is 24.1 Å². The molecule has 2 unspecified atom stereocenters. The molecule has 9 nitrogen and oxygen atoms in total. The van der Waals surface area contributed by atoms with E-state index in [1.165, 1.54) is 0 Å². The number of pyridine rings is 1. The van der Waals surface area contributed by atoms with Gasteiger partial charge in [0, 0.05) is 26.1 Å². The molecule has 2 aliphatic heterocycles. The molecule has 168 valence electrons. The molecule has 3 heterocycles. The lowest BCUT2D eigenvalue weighted by Gasteiger charge is -2.32. The van der Waals surface area contributed by atoms with E-state index in [4.69, 9.17) is 10.5 Å². The fourth-order valence-corrected chi connectivity index (χ4v) is 4.09. The standard InChI is InChI=1S/C23H27N5O4/c1-15-23(31)28(18-6-2-3-7-19(18)32-15)12-10-21(29)26-17-8-9-20(25-13-17)27-11-4-5-16(14-27)22(24)30/h2-3,6-9,13,15-16H,4-5,10-12,14H2,1H3,(H2,24,30)(H,26,29). The lowest BCUT2D eigenvalue weighted by atomic mass is 9.97. The summed E-state index contributed by atoms with van der Waals surface area (Å²) in [4.78, 5) is 44.6. The third kappa shape index (κ3) is 4.66. The van der Waals surface area contributed by atoms with Gasteiger partial charge in [0.05, 0.1) is 23.5 Å². The number of rotatable bonds is 6. The smallest absolute Gasteiger partial charge is 0.267 e. The first-order valence-corrected chi connectivity index (χ1v) is 10.8. The number of carbonyl (C=O) groups excluding carboxylic acids is 3. The van der Waals surface area contributed by atoms with E-state index in [-0.39, 0.29) is 36.6 Å². The number of benzene rings is 1. The molecule has 1 aromatic carbocycles. The van der Waals surface area contributed by atoms with Crippen LogP contribution in [0, 0.1) is 5.92 Å². The number of piperidine rings is 1. The van der Waals surface area contributed by atoms with Gasteiger partial charge in [-0.25, -0.2) is 4.98 Å². The van der Waals surface area contributed by atoms with E-state index in [2.05, 4.69) is 10.3 Å². The number of amides is 3. The summed E-state index contributed by atoms with van der Waals surface area (Å²) in [6, 6.07) is 10.9. The zero-order valence-electron chi connectivity index (χ0n) is 18.0. The maximum absolute atomic E-state index is 12.5. The maximum Gasteiger partial charge on any atom is 0.267 e. The minimum Gasteiger partial charge on any atom is -0.479 e. The number of hydrogen-bond donors (Lipinski definition) is 2. The lowest BCUT2D eigenvalue weighted by Crippen LogP contribution is -2.45. The molecule has 0 aliphatic carbocycles. The summed E-state index contributed by atoms with van der Waals surface area (Å²) in [5, 5.41) is 2.83. The summed E-state index contributed by atoms with van der Waals surface area (Å²) in [5.74, 6) is 0.554. The van der Waals surface area contributed by atoms with Crippen LogP contribution in [-0.2, 0) is 14.4 Å². The van der Waals surface area contributed by atoms with Crippen LogP contribution in [-0.4, -0.2) is 48.4 Å². The van der Waals surface area contributed by atoms with Crippen molar-refractivity contribution in [2.45, 2.75) is 32.3 Å². The van der Waals surface area contributed by atoms with E-state index in [0.29, 0.717) is 23.7 Å². The van der Waals surface area contributed by atoms with Crippen molar-refractivity contribution in [2.24, 2.45) is 11.7 Å². The first kappa shape index (κ1) is 21.6. The fourth-order valence-electron chi connectivity index (χ4n) is 4.09. The molecule has 32 heavy (non-hydrogen) atoms. The monoisotopic (exact) mass is 437 g/mol. The van der Waals surface area contributed by atoms with E-state index >= 15 is 0 Å². The Morgan fingerprint density at radius 3 is 2.81 bits per heavy atom. The highest BCUT2D eigenvalue weighted by Gasteiger charge is 2.31. The SMILES string of the molecule is CC1Oc2ccccc2N(CCC(=O)Nc2ccc(N3CCCC(C(N)=O)C3)nc2)C1=O. The Morgan fingerprint density at radius 2 is 2.06 bits per heavy atom. The summed E-state index contributed by atoms with van der Waals surface area (Å²) < 4.78 is 5.63. The third-order valence-electron chi connectivity index (χ3n) is 5.82. The molecule has 1 saturated heterocycles. The zero-order valence-corrected chi connectivity index (χ0v) is 18.0. The van der Waals surface area contributed by atoms with Gasteiger partial charge in [0.2, 0.25) is 11.8 Å². The second-order valence-electron chi connectivity index (χ2n) is 8.11. The second-order valence-corrected chi connectivity index (χ2v) is 8.11. The molecule has 3 amide bonds. The molecule has 2 aliphatic rings. The highest BCUT2D eigenvalue weighted by Crippen LogP contribution is 2.33. The van der Waals surface area contributed by atoms with E-state index in [9.17, 15) is 14.4 Å². The molecule has 0 radical (unpaired) electrons. The maximum atomic E-state index is 12.5. The van der Waals surface area contributed by atoms with Gasteiger partial charge in [0.25, 0.3) is 5.91 Å². The minimum atomic E-state index is -0.589. The van der Waals surface area contributed by atoms with Crippen LogP contribution in [0.25, 0.3) is 0 Å². The number of hydrogen-bond acceptors (Lipinski definition) is 6. The number of nitrogens with one attached hydrogen (secondary N) is 1. The first-order valence-electron chi connectivity index (χ1n) is 10.8. The van der Waals surface area contributed by atoms with Gasteiger partial charge in [0.1, 0.15) is 11.6 Å². The van der Waals surface area contributed by atoms with Gasteiger partial charge >= 0.3 is 0 Å². The summed E-state index contributed by atoms with van der Waals surface area (Å²) in [7, 11) is 0. The number of anilines is 3. The normalized spacial score (nSPS) is 20.3. The zero-order chi connectivity index (χ0) is 22.7. The molecule has 0 bridgehead atoms. The van der Waals surface area contributed by atoms with Crippen molar-refractivity contribution in [3.63, 3.8) is 0 Å². The number of ether oxygens (including phenoxy) is 1. The average molecular weight is 438 g/mol. The van der Waals surface area contributed by atoms with Crippen molar-refractivity contribution in [2.75, 3.05) is 34.8 Å². The quantitative estimate of drug-likeness (QED) is 0.713. The van der Waals surface area contributed by atoms with Crippen LogP contribution in [0.3, 0.4) is 0 Å². The van der Waals surface area contributed by atoms with Crippen LogP contribution >= 0.6 is 0 Å². The largest absolute Gasteiger partial charge is 0.479 e. The fraction of sp³-hybridized carbons (Fsp3) is 0.391. The predicted octanol–water partition coefficient (Wildman–Crippen LogP) is 1.93. The number of para-hydroxylation sites is 2. The summed E-state index contributed by atoms with van der Waals surface area (Å²) >= 11 is 0. The number of aromatic nitrogens is 1. The van der Waals surface area contributed by atoms with Gasteiger partial charge in [-0.3, -0.25) is 14.4 Å². The molecule has 3 N–H and O–H groups in total. The average Bonchev–Trinajstić information content (AvgIpc) is 2.80. The highest BCUT2D eigenvalue weighted by atomic mass is 16.5. The molecule has 4 rings (SSSR count). The van der Waals surface area contributed by atoms with Crippen molar-refractivity contribution in [3.8, 4) is 5.75 Å². The van der Waals surface area contributed by atoms with Crippen LogP contribution in [0.2, 0.25) is 0 Å². The molecular formula is C23H27N5O4. The Hall–Kier alpha value is -3.62. The van der Waals surface area contributed by atoms with Gasteiger partial charge < -0.3 is 25.6 Å². The molecule has 2 atom stereocenters. The van der Waals surface area contributed by atoms with Gasteiger partial charge in [-0.2, -0.15) is 0 Å². The van der Waals surface area contributed by atoms with Crippen molar-refractivity contribution in [3.05, 3.63) is 42.6 Å². The van der Waals surface area contributed by atoms with Gasteiger partial charge in [-0.05, 0) is 44.0 Å². The second kappa shape index (κ2) is 9.25. The molecule has 1 fully saturated rings. The van der Waals surface area contributed by atoms with Crippen LogP contribution < -0.4 is 25.6 Å². The van der Waals surface area contributed by atoms with Crippen molar-refractivity contribution in [1.82, 2.24) is 4.98 Å². The predicted molar refractivity (Wildman–Crippen MR) is 121 cm³/mol. The molecule has 1 aromatic heterocycles. The molecule has 0 saturated carbocycles. The number of carbonyl (C=O) groups is 3. The summed E-state index contributed by atoms with van der Waals surface area (Å²) in [6.45, 7) is 3.33. The van der Waals surface area contributed by atoms with E-state index < -0.39 is 6.10 Å². The Labute approximate surface area is 186 Å². The van der Waals surface area contributed by atoms with Crippen LogP contribution in [0.4, 0.5) is 17.2 Å². The van der Waals surface area contributed by atoms with E-state index in [0.717, 1.165) is 25.2 Å². The van der Waals surface area contributed by atoms with E-state index in [1.807, 2.05) is 35.2 Å². The molecule has 2 aromatic rings. The van der Waals surface area contributed by atoms with Crippen molar-refractivity contribution >= 4 is 34.9 Å². The Morgan fingerprint density at radius 1 is 1.25 bits per heavy atom. The lowest BCUT2D eigenvalue weighted by molar-refractivity contribution is -0.125. The Bertz CT molecular complexity index is 1010. The summed E-state index contributed by atoms with van der Waals surface area (Å²) in [5.41, 5.74) is 6.69. The minimum absolute atomic E-state index is 0.140. The van der Waals surface area contributed by atoms with Gasteiger partial charge in [0.15, 0.2) is 6.10 Å². The third-order valence-corrected chi connectivity index (χ3v) is 5.82. The summed E-state index contributed by atoms with van der Waals surface area (Å²) in [6.07, 6.45) is 2.83.